The van der Waals surface area contributed by atoms with Crippen molar-refractivity contribution in [3.63, 3.8) is 0 Å². The minimum absolute atomic E-state index is 0.187. The second-order valence-corrected chi connectivity index (χ2v) is 7.05. The van der Waals surface area contributed by atoms with Crippen LogP contribution < -0.4 is 15.4 Å². The molecule has 0 saturated heterocycles. The number of rotatable bonds is 7. The molecule has 0 atom stereocenters. The van der Waals surface area contributed by atoms with E-state index in [0.717, 1.165) is 34.5 Å². The SMILES string of the molecule is COc1ccc(CCNC(=O)c2cnc(Nc3c(C)cc(C)cc3C)nc2)cc1. The Morgan fingerprint density at radius 3 is 2.21 bits per heavy atom. The van der Waals surface area contributed by atoms with Gasteiger partial charge in [0.2, 0.25) is 5.95 Å². The molecule has 0 unspecified atom stereocenters. The highest BCUT2D eigenvalue weighted by molar-refractivity contribution is 5.93. The number of methoxy groups -OCH3 is 1. The number of benzene rings is 2. The number of carbonyl (C=O) groups excluding carboxylic acids is 1. The molecule has 0 spiro atoms. The van der Waals surface area contributed by atoms with Crippen LogP contribution in [0.4, 0.5) is 11.6 Å². The van der Waals surface area contributed by atoms with Crippen molar-refractivity contribution >= 4 is 17.5 Å². The molecule has 0 aliphatic carbocycles. The number of hydrogen-bond acceptors (Lipinski definition) is 5. The maximum atomic E-state index is 12.3. The number of amides is 1. The summed E-state index contributed by atoms with van der Waals surface area (Å²) < 4.78 is 5.15. The maximum absolute atomic E-state index is 12.3. The highest BCUT2D eigenvalue weighted by atomic mass is 16.5. The van der Waals surface area contributed by atoms with E-state index >= 15 is 0 Å². The minimum atomic E-state index is -0.187. The Bertz CT molecular complexity index is 960. The molecular weight excluding hydrogens is 364 g/mol. The zero-order valence-corrected chi connectivity index (χ0v) is 17.2. The zero-order chi connectivity index (χ0) is 20.8. The molecule has 3 aromatic rings. The number of hydrogen-bond donors (Lipinski definition) is 2. The van der Waals surface area contributed by atoms with Gasteiger partial charge in [0.15, 0.2) is 0 Å². The summed E-state index contributed by atoms with van der Waals surface area (Å²) in [5.74, 6) is 1.10. The lowest BCUT2D eigenvalue weighted by molar-refractivity contribution is 0.0953. The van der Waals surface area contributed by atoms with Gasteiger partial charge in [-0.1, -0.05) is 29.8 Å². The lowest BCUT2D eigenvalue weighted by atomic mass is 10.1. The van der Waals surface area contributed by atoms with Crippen molar-refractivity contribution in [3.05, 3.63) is 76.6 Å². The highest BCUT2D eigenvalue weighted by Gasteiger charge is 2.09. The molecule has 0 aliphatic rings. The fraction of sp³-hybridized carbons (Fsp3) is 0.261. The summed E-state index contributed by atoms with van der Waals surface area (Å²) in [7, 11) is 1.64. The summed E-state index contributed by atoms with van der Waals surface area (Å²) in [6, 6.07) is 12.0. The van der Waals surface area contributed by atoms with Crippen LogP contribution in [0.2, 0.25) is 0 Å². The fourth-order valence-corrected chi connectivity index (χ4v) is 3.21. The molecule has 1 aromatic heterocycles. The number of nitrogens with one attached hydrogen (secondary N) is 2. The van der Waals surface area contributed by atoms with Crippen molar-refractivity contribution in [1.29, 1.82) is 0 Å². The quantitative estimate of drug-likeness (QED) is 0.634. The smallest absolute Gasteiger partial charge is 0.254 e. The van der Waals surface area contributed by atoms with Crippen LogP contribution in [0.15, 0.2) is 48.8 Å². The second-order valence-electron chi connectivity index (χ2n) is 7.05. The third-order valence-corrected chi connectivity index (χ3v) is 4.69. The van der Waals surface area contributed by atoms with Crippen LogP contribution in [0.5, 0.6) is 5.75 Å². The van der Waals surface area contributed by atoms with E-state index in [1.54, 1.807) is 7.11 Å². The van der Waals surface area contributed by atoms with Gasteiger partial charge in [0.05, 0.1) is 12.7 Å². The average Bonchev–Trinajstić information content (AvgIpc) is 2.71. The van der Waals surface area contributed by atoms with Gasteiger partial charge < -0.3 is 15.4 Å². The molecule has 0 aliphatic heterocycles. The normalized spacial score (nSPS) is 10.5. The Balaban J connectivity index is 1.56. The standard InChI is InChI=1S/C23H26N4O2/c1-15-11-16(2)21(17(3)12-15)27-23-25-13-19(14-26-23)22(28)24-10-9-18-5-7-20(29-4)8-6-18/h5-8,11-14H,9-10H2,1-4H3,(H,24,28)(H,25,26,27). The number of aromatic nitrogens is 2. The van der Waals surface area contributed by atoms with Crippen molar-refractivity contribution in [3.8, 4) is 5.75 Å². The maximum Gasteiger partial charge on any atom is 0.254 e. The Kier molecular flexibility index (Phi) is 6.44. The summed E-state index contributed by atoms with van der Waals surface area (Å²) in [5, 5.41) is 6.14. The largest absolute Gasteiger partial charge is 0.497 e. The van der Waals surface area contributed by atoms with Gasteiger partial charge in [-0.25, -0.2) is 9.97 Å². The zero-order valence-electron chi connectivity index (χ0n) is 17.2. The van der Waals surface area contributed by atoms with Crippen LogP contribution >= 0.6 is 0 Å². The fourth-order valence-electron chi connectivity index (χ4n) is 3.21. The first kappa shape index (κ1) is 20.3. The third-order valence-electron chi connectivity index (χ3n) is 4.69. The summed E-state index contributed by atoms with van der Waals surface area (Å²) >= 11 is 0. The van der Waals surface area contributed by atoms with E-state index in [1.165, 1.54) is 18.0 Å². The van der Waals surface area contributed by atoms with Crippen molar-refractivity contribution in [2.45, 2.75) is 27.2 Å². The second kappa shape index (κ2) is 9.19. The van der Waals surface area contributed by atoms with Crippen LogP contribution in [0.1, 0.15) is 32.6 Å². The molecule has 1 heterocycles. The summed E-state index contributed by atoms with van der Waals surface area (Å²) in [4.78, 5) is 20.9. The summed E-state index contributed by atoms with van der Waals surface area (Å²) in [5.41, 5.74) is 6.03. The molecule has 6 nitrogen and oxygen atoms in total. The van der Waals surface area contributed by atoms with Crippen molar-refractivity contribution in [2.75, 3.05) is 19.0 Å². The molecule has 2 N–H and O–H groups in total. The number of anilines is 2. The molecule has 29 heavy (non-hydrogen) atoms. The lowest BCUT2D eigenvalue weighted by Gasteiger charge is -2.12. The first-order chi connectivity index (χ1) is 14.0. The molecule has 0 radical (unpaired) electrons. The molecule has 0 bridgehead atoms. The van der Waals surface area contributed by atoms with E-state index in [1.807, 2.05) is 38.1 Å². The molecule has 150 valence electrons. The summed E-state index contributed by atoms with van der Waals surface area (Å²) in [6.45, 7) is 6.70. The van der Waals surface area contributed by atoms with Crippen molar-refractivity contribution in [2.24, 2.45) is 0 Å². The van der Waals surface area contributed by atoms with Gasteiger partial charge >= 0.3 is 0 Å². The molecule has 0 saturated carbocycles. The monoisotopic (exact) mass is 390 g/mol. The topological polar surface area (TPSA) is 76.1 Å². The number of carbonyl (C=O) groups is 1. The number of nitrogens with zero attached hydrogens (tertiary/aromatic N) is 2. The van der Waals surface area contributed by atoms with Gasteiger partial charge in [0.1, 0.15) is 5.75 Å². The Morgan fingerprint density at radius 2 is 1.62 bits per heavy atom. The Morgan fingerprint density at radius 1 is 1.00 bits per heavy atom. The predicted molar refractivity (Wildman–Crippen MR) is 115 cm³/mol. The van der Waals surface area contributed by atoms with E-state index < -0.39 is 0 Å². The third kappa shape index (κ3) is 5.31. The lowest BCUT2D eigenvalue weighted by Crippen LogP contribution is -2.26. The highest BCUT2D eigenvalue weighted by Crippen LogP contribution is 2.24. The molecule has 1 amide bonds. The van der Waals surface area contributed by atoms with Crippen LogP contribution in [0, 0.1) is 20.8 Å². The van der Waals surface area contributed by atoms with Gasteiger partial charge in [-0.2, -0.15) is 0 Å². The van der Waals surface area contributed by atoms with Crippen LogP contribution in [0.3, 0.4) is 0 Å². The van der Waals surface area contributed by atoms with E-state index in [4.69, 9.17) is 4.74 Å². The number of ether oxygens (including phenoxy) is 1. The minimum Gasteiger partial charge on any atom is -0.497 e. The molecule has 0 fully saturated rings. The van der Waals surface area contributed by atoms with Gasteiger partial charge in [-0.3, -0.25) is 4.79 Å². The first-order valence-corrected chi connectivity index (χ1v) is 9.54. The summed E-state index contributed by atoms with van der Waals surface area (Å²) in [6.07, 6.45) is 3.82. The van der Waals surface area contributed by atoms with Crippen LogP contribution in [-0.2, 0) is 6.42 Å². The van der Waals surface area contributed by atoms with E-state index in [9.17, 15) is 4.79 Å². The van der Waals surface area contributed by atoms with Crippen molar-refractivity contribution < 1.29 is 9.53 Å². The number of aryl methyl sites for hydroxylation is 3. The molecular formula is C23H26N4O2. The van der Waals surface area contributed by atoms with E-state index in [2.05, 4.69) is 39.7 Å². The van der Waals surface area contributed by atoms with Crippen LogP contribution in [-0.4, -0.2) is 29.5 Å². The predicted octanol–water partition coefficient (Wildman–Crippen LogP) is 4.13. The Hall–Kier alpha value is -3.41. The first-order valence-electron chi connectivity index (χ1n) is 9.54. The van der Waals surface area contributed by atoms with Gasteiger partial charge in [-0.05, 0) is 56.0 Å². The van der Waals surface area contributed by atoms with Gasteiger partial charge in [0, 0.05) is 24.6 Å². The molecule has 2 aromatic carbocycles. The molecule has 3 rings (SSSR count). The molecule has 6 heteroatoms. The van der Waals surface area contributed by atoms with E-state index in [-0.39, 0.29) is 5.91 Å². The van der Waals surface area contributed by atoms with Gasteiger partial charge in [0.25, 0.3) is 5.91 Å². The van der Waals surface area contributed by atoms with E-state index in [0.29, 0.717) is 18.1 Å². The average molecular weight is 390 g/mol. The van der Waals surface area contributed by atoms with Crippen molar-refractivity contribution in [1.82, 2.24) is 15.3 Å². The Labute approximate surface area is 171 Å². The van der Waals surface area contributed by atoms with Gasteiger partial charge in [-0.15, -0.1) is 0 Å². The van der Waals surface area contributed by atoms with Crippen LogP contribution in [0.25, 0.3) is 0 Å².